The number of benzene rings is 3. The molecule has 0 bridgehead atoms. The van der Waals surface area contributed by atoms with Gasteiger partial charge in [-0.2, -0.15) is 17.5 Å². The highest BCUT2D eigenvalue weighted by Crippen LogP contribution is 2.30. The number of rotatable bonds is 5. The molecule has 178 valence electrons. The first kappa shape index (κ1) is 23.8. The first-order valence-electron chi connectivity index (χ1n) is 10.3. The topological polar surface area (TPSA) is 75.7 Å². The molecule has 0 fully saturated rings. The van der Waals surface area contributed by atoms with Crippen molar-refractivity contribution in [3.05, 3.63) is 89.0 Å². The Kier molecular flexibility index (Phi) is 6.37. The van der Waals surface area contributed by atoms with Crippen molar-refractivity contribution in [3.63, 3.8) is 0 Å². The molecule has 1 N–H and O–H groups in total. The summed E-state index contributed by atoms with van der Waals surface area (Å²) in [4.78, 5) is 12.7. The number of alkyl halides is 3. The second kappa shape index (κ2) is 9.11. The van der Waals surface area contributed by atoms with Gasteiger partial charge in [0.25, 0.3) is 5.91 Å². The molecule has 0 spiro atoms. The Morgan fingerprint density at radius 1 is 0.971 bits per heavy atom. The number of fused-ring (bicyclic) bond motifs is 1. The second-order valence-electron chi connectivity index (χ2n) is 7.78. The van der Waals surface area contributed by atoms with Crippen molar-refractivity contribution in [1.29, 1.82) is 0 Å². The molecular formula is C24H21F3N2O4S. The van der Waals surface area contributed by atoms with Crippen LogP contribution in [-0.2, 0) is 29.2 Å². The minimum atomic E-state index is -4.48. The zero-order valence-corrected chi connectivity index (χ0v) is 18.9. The first-order chi connectivity index (χ1) is 16.1. The van der Waals surface area contributed by atoms with E-state index in [9.17, 15) is 26.4 Å². The molecule has 3 aromatic rings. The van der Waals surface area contributed by atoms with E-state index in [1.165, 1.54) is 23.5 Å². The fraction of sp³-hybridized carbons (Fsp3) is 0.208. The van der Waals surface area contributed by atoms with Gasteiger partial charge in [0.1, 0.15) is 5.75 Å². The van der Waals surface area contributed by atoms with Gasteiger partial charge in [0.05, 0.1) is 17.6 Å². The summed E-state index contributed by atoms with van der Waals surface area (Å²) in [5, 5.41) is 2.66. The average Bonchev–Trinajstić information content (AvgIpc) is 2.83. The van der Waals surface area contributed by atoms with Gasteiger partial charge in [0.2, 0.25) is 10.0 Å². The number of methoxy groups -OCH3 is 1. The van der Waals surface area contributed by atoms with Gasteiger partial charge in [-0.25, -0.2) is 8.42 Å². The zero-order chi connectivity index (χ0) is 24.5. The number of nitrogens with zero attached hydrogens (tertiary/aromatic N) is 1. The van der Waals surface area contributed by atoms with Crippen LogP contribution in [0.1, 0.15) is 27.0 Å². The predicted octanol–water partition coefficient (Wildman–Crippen LogP) is 4.71. The van der Waals surface area contributed by atoms with E-state index in [1.54, 1.807) is 24.3 Å². The van der Waals surface area contributed by atoms with Crippen LogP contribution >= 0.6 is 0 Å². The lowest BCUT2D eigenvalue weighted by molar-refractivity contribution is -0.137. The monoisotopic (exact) mass is 490 g/mol. The Labute approximate surface area is 195 Å². The molecule has 1 amide bonds. The third-order valence-electron chi connectivity index (χ3n) is 5.61. The molecule has 1 heterocycles. The van der Waals surface area contributed by atoms with Gasteiger partial charge < -0.3 is 10.1 Å². The molecule has 0 aliphatic carbocycles. The molecule has 34 heavy (non-hydrogen) atoms. The lowest BCUT2D eigenvalue weighted by Crippen LogP contribution is -2.36. The highest BCUT2D eigenvalue weighted by molar-refractivity contribution is 7.89. The van der Waals surface area contributed by atoms with Crippen LogP contribution in [0, 0.1) is 0 Å². The maximum absolute atomic E-state index is 13.1. The number of carbonyl (C=O) groups is 1. The second-order valence-corrected chi connectivity index (χ2v) is 9.71. The van der Waals surface area contributed by atoms with Gasteiger partial charge in [-0.3, -0.25) is 4.79 Å². The fourth-order valence-electron chi connectivity index (χ4n) is 3.72. The van der Waals surface area contributed by atoms with E-state index in [2.05, 4.69) is 5.32 Å². The minimum absolute atomic E-state index is 0.0782. The summed E-state index contributed by atoms with van der Waals surface area (Å²) in [5.41, 5.74) is 1.38. The summed E-state index contributed by atoms with van der Waals surface area (Å²) in [6, 6.07) is 15.3. The van der Waals surface area contributed by atoms with Crippen LogP contribution in [-0.4, -0.2) is 32.3 Å². The van der Waals surface area contributed by atoms with Crippen LogP contribution in [0.4, 0.5) is 18.9 Å². The number of sulfonamides is 1. The molecular weight excluding hydrogens is 469 g/mol. The van der Waals surface area contributed by atoms with Crippen LogP contribution in [0.5, 0.6) is 5.75 Å². The Morgan fingerprint density at radius 3 is 2.26 bits per heavy atom. The molecule has 10 heteroatoms. The van der Waals surface area contributed by atoms with Crippen molar-refractivity contribution >= 4 is 21.6 Å². The van der Waals surface area contributed by atoms with Crippen LogP contribution < -0.4 is 10.1 Å². The number of hydrogen-bond acceptors (Lipinski definition) is 4. The first-order valence-corrected chi connectivity index (χ1v) is 11.8. The summed E-state index contributed by atoms with van der Waals surface area (Å²) in [5.74, 6) is -0.0106. The van der Waals surface area contributed by atoms with E-state index < -0.39 is 27.7 Å². The third-order valence-corrected chi connectivity index (χ3v) is 7.47. The Balaban J connectivity index is 1.50. The Hall–Kier alpha value is -3.37. The molecule has 3 aromatic carbocycles. The lowest BCUT2D eigenvalue weighted by atomic mass is 10.0. The molecule has 1 aliphatic rings. The third kappa shape index (κ3) is 4.92. The van der Waals surface area contributed by atoms with Crippen molar-refractivity contribution in [2.45, 2.75) is 24.0 Å². The van der Waals surface area contributed by atoms with E-state index in [0.29, 0.717) is 24.4 Å². The van der Waals surface area contributed by atoms with Gasteiger partial charge >= 0.3 is 6.18 Å². The van der Waals surface area contributed by atoms with Gasteiger partial charge in [-0.1, -0.05) is 6.07 Å². The van der Waals surface area contributed by atoms with E-state index >= 15 is 0 Å². The fourth-order valence-corrected chi connectivity index (χ4v) is 5.14. The van der Waals surface area contributed by atoms with Crippen molar-refractivity contribution in [2.24, 2.45) is 0 Å². The summed E-state index contributed by atoms with van der Waals surface area (Å²) in [7, 11) is -2.23. The quantitative estimate of drug-likeness (QED) is 0.562. The highest BCUT2D eigenvalue weighted by atomic mass is 32.2. The lowest BCUT2D eigenvalue weighted by Gasteiger charge is -2.28. The molecule has 4 rings (SSSR count). The number of anilines is 1. The van der Waals surface area contributed by atoms with Crippen LogP contribution in [0.2, 0.25) is 0 Å². The number of nitrogens with one attached hydrogen (secondary N) is 1. The summed E-state index contributed by atoms with van der Waals surface area (Å²) in [6.45, 7) is 0.451. The van der Waals surface area contributed by atoms with Crippen molar-refractivity contribution in [2.75, 3.05) is 19.0 Å². The van der Waals surface area contributed by atoms with Crippen LogP contribution in [0.25, 0.3) is 0 Å². The normalized spacial score (nSPS) is 14.4. The number of ether oxygens (including phenoxy) is 1. The zero-order valence-electron chi connectivity index (χ0n) is 18.1. The van der Waals surface area contributed by atoms with Crippen LogP contribution in [0.3, 0.4) is 0 Å². The molecule has 0 saturated heterocycles. The molecule has 0 aromatic heterocycles. The van der Waals surface area contributed by atoms with E-state index in [0.717, 1.165) is 35.4 Å². The molecule has 0 radical (unpaired) electrons. The molecule has 0 unspecified atom stereocenters. The Morgan fingerprint density at radius 2 is 1.65 bits per heavy atom. The number of carbonyl (C=O) groups excluding carboxylic acids is 1. The van der Waals surface area contributed by atoms with Gasteiger partial charge in [0, 0.05) is 24.3 Å². The van der Waals surface area contributed by atoms with Gasteiger partial charge in [-0.15, -0.1) is 0 Å². The summed E-state index contributed by atoms with van der Waals surface area (Å²) in [6.07, 6.45) is -3.97. The standard InChI is InChI=1S/C24H21F3N2O4S/c1-33-21-8-10-22(11-9-21)34(31,32)29-13-12-16-4-7-20(14-18(16)15-29)28-23(30)17-2-5-19(6-3-17)24(25,26)27/h2-11,14H,12-13,15H2,1H3,(H,28,30). The molecule has 1 aliphatic heterocycles. The number of halogens is 3. The summed E-state index contributed by atoms with van der Waals surface area (Å²) >= 11 is 0. The average molecular weight is 491 g/mol. The van der Waals surface area contributed by atoms with Crippen molar-refractivity contribution < 1.29 is 31.1 Å². The highest BCUT2D eigenvalue weighted by Gasteiger charge is 2.30. The van der Waals surface area contributed by atoms with E-state index in [4.69, 9.17) is 4.74 Å². The predicted molar refractivity (Wildman–Crippen MR) is 120 cm³/mol. The van der Waals surface area contributed by atoms with Gasteiger partial charge in [0.15, 0.2) is 0 Å². The van der Waals surface area contributed by atoms with E-state index in [1.807, 2.05) is 6.07 Å². The number of hydrogen-bond donors (Lipinski definition) is 1. The van der Waals surface area contributed by atoms with Crippen LogP contribution in [0.15, 0.2) is 71.6 Å². The molecule has 0 saturated carbocycles. The molecule has 6 nitrogen and oxygen atoms in total. The van der Waals surface area contributed by atoms with Gasteiger partial charge in [-0.05, 0) is 78.2 Å². The minimum Gasteiger partial charge on any atom is -0.497 e. The SMILES string of the molecule is COc1ccc(S(=O)(=O)N2CCc3ccc(NC(=O)c4ccc(C(F)(F)F)cc4)cc3C2)cc1. The number of amides is 1. The maximum atomic E-state index is 13.1. The molecule has 0 atom stereocenters. The smallest absolute Gasteiger partial charge is 0.416 e. The van der Waals surface area contributed by atoms with Crippen molar-refractivity contribution in [1.82, 2.24) is 4.31 Å². The van der Waals surface area contributed by atoms with Crippen molar-refractivity contribution in [3.8, 4) is 5.75 Å². The van der Waals surface area contributed by atoms with E-state index in [-0.39, 0.29) is 17.0 Å². The summed E-state index contributed by atoms with van der Waals surface area (Å²) < 4.78 is 70.8. The Bertz CT molecular complexity index is 1310. The maximum Gasteiger partial charge on any atom is 0.416 e. The largest absolute Gasteiger partial charge is 0.497 e.